The van der Waals surface area contributed by atoms with Gasteiger partial charge in [0.1, 0.15) is 0 Å². The van der Waals surface area contributed by atoms with E-state index in [0.29, 0.717) is 0 Å². The highest BCUT2D eigenvalue weighted by Gasteiger charge is 2.55. The summed E-state index contributed by atoms with van der Waals surface area (Å²) in [7, 11) is -6.46. The Balaban J connectivity index is 5.29. The SMILES string of the molecule is O=S(=O)(F)C(F)C(F)(F)C(F)=C(F)F. The minimum Gasteiger partial charge on any atom is -0.220 e. The molecule has 0 saturated carbocycles. The second kappa shape index (κ2) is 3.75. The number of alkyl halides is 3. The van der Waals surface area contributed by atoms with Crippen LogP contribution in [0.3, 0.4) is 0 Å². The van der Waals surface area contributed by atoms with E-state index in [4.69, 9.17) is 0 Å². The van der Waals surface area contributed by atoms with E-state index in [2.05, 4.69) is 0 Å². The van der Waals surface area contributed by atoms with Crippen LogP contribution in [-0.2, 0) is 10.2 Å². The second-order valence-corrected chi connectivity index (χ2v) is 3.35. The third-order valence-electron chi connectivity index (χ3n) is 0.991. The Morgan fingerprint density at radius 2 is 1.50 bits per heavy atom. The summed E-state index contributed by atoms with van der Waals surface area (Å²) in [6, 6.07) is 0. The highest BCUT2D eigenvalue weighted by molar-refractivity contribution is 7.86. The summed E-state index contributed by atoms with van der Waals surface area (Å²) in [5.74, 6) is -9.36. The third kappa shape index (κ3) is 2.59. The van der Waals surface area contributed by atoms with Gasteiger partial charge in [-0.15, -0.1) is 3.89 Å². The first-order chi connectivity index (χ1) is 6.01. The Hall–Kier alpha value is -0.800. The van der Waals surface area contributed by atoms with Gasteiger partial charge in [-0.25, -0.2) is 4.39 Å². The van der Waals surface area contributed by atoms with Crippen molar-refractivity contribution >= 4 is 10.2 Å². The monoisotopic (exact) mass is 246 g/mol. The lowest BCUT2D eigenvalue weighted by atomic mass is 10.3. The molecule has 0 N–H and O–H groups in total. The largest absolute Gasteiger partial charge is 0.351 e. The average Bonchev–Trinajstić information content (AvgIpc) is 1.99. The van der Waals surface area contributed by atoms with Gasteiger partial charge in [0.05, 0.1) is 0 Å². The molecule has 2 nitrogen and oxygen atoms in total. The van der Waals surface area contributed by atoms with Gasteiger partial charge < -0.3 is 0 Å². The molecule has 10 heteroatoms. The lowest BCUT2D eigenvalue weighted by Crippen LogP contribution is -2.35. The van der Waals surface area contributed by atoms with Crippen molar-refractivity contribution in [3.63, 3.8) is 0 Å². The van der Waals surface area contributed by atoms with Gasteiger partial charge in [-0.2, -0.15) is 30.4 Å². The molecule has 0 fully saturated rings. The molecule has 14 heavy (non-hydrogen) atoms. The normalized spacial score (nSPS) is 15.1. The van der Waals surface area contributed by atoms with Crippen molar-refractivity contribution in [2.24, 2.45) is 0 Å². The Morgan fingerprint density at radius 1 is 1.14 bits per heavy atom. The molecule has 0 aliphatic rings. The van der Waals surface area contributed by atoms with Crippen LogP contribution in [0.25, 0.3) is 0 Å². The maximum atomic E-state index is 12.1. The molecule has 84 valence electrons. The first-order valence-corrected chi connectivity index (χ1v) is 4.12. The van der Waals surface area contributed by atoms with Crippen molar-refractivity contribution < 1.29 is 38.6 Å². The van der Waals surface area contributed by atoms with Gasteiger partial charge in [-0.3, -0.25) is 0 Å². The van der Waals surface area contributed by atoms with Crippen molar-refractivity contribution in [3.05, 3.63) is 11.9 Å². The van der Waals surface area contributed by atoms with Crippen LogP contribution in [0.4, 0.5) is 30.2 Å². The zero-order valence-electron chi connectivity index (χ0n) is 5.95. The topological polar surface area (TPSA) is 34.1 Å². The first kappa shape index (κ1) is 13.2. The van der Waals surface area contributed by atoms with Crippen LogP contribution in [0.5, 0.6) is 0 Å². The van der Waals surface area contributed by atoms with E-state index in [1.807, 2.05) is 0 Å². The van der Waals surface area contributed by atoms with E-state index < -0.39 is 33.6 Å². The quantitative estimate of drug-likeness (QED) is 0.565. The molecule has 0 rings (SSSR count). The molecular weight excluding hydrogens is 245 g/mol. The Morgan fingerprint density at radius 3 is 1.71 bits per heavy atom. The molecule has 1 atom stereocenters. The van der Waals surface area contributed by atoms with E-state index in [1.165, 1.54) is 0 Å². The van der Waals surface area contributed by atoms with E-state index in [0.717, 1.165) is 0 Å². The minimum absolute atomic E-state index is 3.62. The standard InChI is InChI=1S/C4HF7O2S/c5-1(2(6)7)4(9,10)3(8)14(11,12)13/h3H. The van der Waals surface area contributed by atoms with Crippen molar-refractivity contribution in [2.75, 3.05) is 0 Å². The van der Waals surface area contributed by atoms with E-state index in [1.54, 1.807) is 0 Å². The number of allylic oxidation sites excluding steroid dienone is 1. The van der Waals surface area contributed by atoms with Gasteiger partial charge >= 0.3 is 22.2 Å². The number of rotatable bonds is 3. The number of hydrogen-bond donors (Lipinski definition) is 0. The molecule has 0 amide bonds. The molecule has 0 aliphatic carbocycles. The Kier molecular flexibility index (Phi) is 3.54. The molecule has 0 spiro atoms. The molecule has 0 radical (unpaired) electrons. The Bertz CT molecular complexity index is 341. The fraction of sp³-hybridized carbons (Fsp3) is 0.500. The van der Waals surface area contributed by atoms with Crippen LogP contribution in [0, 0.1) is 0 Å². The highest BCUT2D eigenvalue weighted by atomic mass is 32.3. The van der Waals surface area contributed by atoms with Gasteiger partial charge in [0.25, 0.3) is 5.50 Å². The van der Waals surface area contributed by atoms with E-state index >= 15 is 0 Å². The van der Waals surface area contributed by atoms with Crippen LogP contribution in [0.1, 0.15) is 0 Å². The van der Waals surface area contributed by atoms with Crippen molar-refractivity contribution in [1.82, 2.24) is 0 Å². The summed E-state index contributed by atoms with van der Waals surface area (Å²) in [5, 5.41) is 0. The smallest absolute Gasteiger partial charge is 0.220 e. The van der Waals surface area contributed by atoms with Crippen LogP contribution < -0.4 is 0 Å². The van der Waals surface area contributed by atoms with Crippen molar-refractivity contribution in [3.8, 4) is 0 Å². The second-order valence-electron chi connectivity index (χ2n) is 1.99. The zero-order valence-corrected chi connectivity index (χ0v) is 6.76. The molecule has 0 aromatic heterocycles. The molecule has 0 heterocycles. The van der Waals surface area contributed by atoms with Gasteiger partial charge in [-0.1, -0.05) is 0 Å². The average molecular weight is 246 g/mol. The first-order valence-electron chi connectivity index (χ1n) is 2.68. The lowest BCUT2D eigenvalue weighted by Gasteiger charge is -2.14. The van der Waals surface area contributed by atoms with Gasteiger partial charge in [0, 0.05) is 0 Å². The minimum atomic E-state index is -6.46. The van der Waals surface area contributed by atoms with Crippen molar-refractivity contribution in [2.45, 2.75) is 11.4 Å². The predicted molar refractivity (Wildman–Crippen MR) is 30.2 cm³/mol. The molecular formula is C4HF7O2S. The van der Waals surface area contributed by atoms with Crippen LogP contribution in [-0.4, -0.2) is 19.8 Å². The molecule has 0 saturated heterocycles. The highest BCUT2D eigenvalue weighted by Crippen LogP contribution is 2.36. The zero-order chi connectivity index (χ0) is 11.7. The maximum Gasteiger partial charge on any atom is 0.351 e. The lowest BCUT2D eigenvalue weighted by molar-refractivity contribution is -0.0305. The van der Waals surface area contributed by atoms with E-state index in [9.17, 15) is 38.6 Å². The molecule has 0 aromatic rings. The number of hydrogen-bond acceptors (Lipinski definition) is 2. The van der Waals surface area contributed by atoms with Crippen molar-refractivity contribution in [1.29, 1.82) is 0 Å². The van der Waals surface area contributed by atoms with Gasteiger partial charge in [-0.05, 0) is 0 Å². The number of halogens is 7. The van der Waals surface area contributed by atoms with Crippen LogP contribution >= 0.6 is 0 Å². The Labute approximate surface area is 73.2 Å². The summed E-state index contributed by atoms with van der Waals surface area (Å²) in [6.07, 6.45) is -3.62. The molecule has 0 aromatic carbocycles. The summed E-state index contributed by atoms with van der Waals surface area (Å²) in [4.78, 5) is 0. The summed E-state index contributed by atoms with van der Waals surface area (Å²) in [6.45, 7) is 0. The fourth-order valence-electron chi connectivity index (χ4n) is 0.402. The predicted octanol–water partition coefficient (Wildman–Crippen LogP) is 2.29. The third-order valence-corrected chi connectivity index (χ3v) is 1.78. The maximum absolute atomic E-state index is 12.1. The van der Waals surface area contributed by atoms with E-state index in [-0.39, 0.29) is 0 Å². The fourth-order valence-corrected chi connectivity index (χ4v) is 0.859. The summed E-state index contributed by atoms with van der Waals surface area (Å²) >= 11 is 0. The van der Waals surface area contributed by atoms with Crippen LogP contribution in [0.15, 0.2) is 11.9 Å². The summed E-state index contributed by atoms with van der Waals surface area (Å²) in [5.41, 5.74) is -4.70. The van der Waals surface area contributed by atoms with Gasteiger partial charge in [0.2, 0.25) is 5.83 Å². The van der Waals surface area contributed by atoms with Gasteiger partial charge in [0.15, 0.2) is 0 Å². The molecule has 0 bridgehead atoms. The summed E-state index contributed by atoms with van der Waals surface area (Å²) < 4.78 is 101. The van der Waals surface area contributed by atoms with Crippen LogP contribution in [0.2, 0.25) is 0 Å². The molecule has 1 unspecified atom stereocenters. The molecule has 0 aliphatic heterocycles.